The van der Waals surface area contributed by atoms with Gasteiger partial charge in [-0.2, -0.15) is 0 Å². The van der Waals surface area contributed by atoms with E-state index in [4.69, 9.17) is 0 Å². The van der Waals surface area contributed by atoms with Crippen molar-refractivity contribution in [3.05, 3.63) is 108 Å². The molecule has 1 atom stereocenters. The van der Waals surface area contributed by atoms with Crippen LogP contribution >= 0.6 is 0 Å². The van der Waals surface area contributed by atoms with Crippen molar-refractivity contribution in [1.29, 1.82) is 0 Å². The van der Waals surface area contributed by atoms with Crippen molar-refractivity contribution < 1.29 is 5.11 Å². The van der Waals surface area contributed by atoms with Crippen LogP contribution in [0.3, 0.4) is 0 Å². The fraction of sp³-hybridized carbons (Fsp3) is 0.136. The van der Waals surface area contributed by atoms with Crippen LogP contribution in [0.15, 0.2) is 96.4 Å². The minimum atomic E-state index is -0.682. The Balaban J connectivity index is 1.89. The average Bonchev–Trinajstić information content (AvgIpc) is 3.01. The highest BCUT2D eigenvalue weighted by Gasteiger charge is 2.17. The first-order chi connectivity index (χ1) is 11.7. The molecule has 0 saturated carbocycles. The maximum Gasteiger partial charge on any atom is 0.105 e. The molecule has 2 aromatic rings. The molecule has 1 N–H and O–H groups in total. The molecular formula is C22H21NO. The second kappa shape index (κ2) is 7.24. The first kappa shape index (κ1) is 16.2. The SMILES string of the molecule is C=C1CC(c2ccccc2)=C/C1=C/C(=C\C)C(O)c1cccnc1. The Hall–Kier alpha value is -2.71. The van der Waals surface area contributed by atoms with Gasteiger partial charge in [-0.1, -0.05) is 55.1 Å². The summed E-state index contributed by atoms with van der Waals surface area (Å²) in [5.74, 6) is 0. The van der Waals surface area contributed by atoms with Crippen molar-refractivity contribution in [2.24, 2.45) is 0 Å². The monoisotopic (exact) mass is 315 g/mol. The fourth-order valence-electron chi connectivity index (χ4n) is 2.88. The van der Waals surface area contributed by atoms with Gasteiger partial charge in [-0.15, -0.1) is 0 Å². The van der Waals surface area contributed by atoms with Crippen molar-refractivity contribution in [3.63, 3.8) is 0 Å². The first-order valence-corrected chi connectivity index (χ1v) is 8.09. The lowest BCUT2D eigenvalue weighted by atomic mass is 9.99. The van der Waals surface area contributed by atoms with Crippen LogP contribution in [-0.2, 0) is 0 Å². The highest BCUT2D eigenvalue weighted by Crippen LogP contribution is 2.36. The van der Waals surface area contributed by atoms with Crippen LogP contribution in [-0.4, -0.2) is 10.1 Å². The standard InChI is InChI=1S/C22H21NO/c1-3-17(22(24)19-10-7-11-23-15-19)13-20-14-21(12-16(20)2)18-8-5-4-6-9-18/h3-11,13-15,22,24H,2,12H2,1H3/b17-3+,20-13-. The van der Waals surface area contributed by atoms with Gasteiger partial charge in [0.1, 0.15) is 6.10 Å². The van der Waals surface area contributed by atoms with Crippen molar-refractivity contribution in [2.75, 3.05) is 0 Å². The molecule has 3 rings (SSSR count). The van der Waals surface area contributed by atoms with Crippen LogP contribution < -0.4 is 0 Å². The smallest absolute Gasteiger partial charge is 0.105 e. The van der Waals surface area contributed by atoms with E-state index in [9.17, 15) is 5.11 Å². The number of benzene rings is 1. The van der Waals surface area contributed by atoms with Gasteiger partial charge >= 0.3 is 0 Å². The summed E-state index contributed by atoms with van der Waals surface area (Å²) in [4.78, 5) is 4.08. The second-order valence-electron chi connectivity index (χ2n) is 5.89. The molecule has 0 fully saturated rings. The van der Waals surface area contributed by atoms with Crippen LogP contribution in [0.4, 0.5) is 0 Å². The van der Waals surface area contributed by atoms with Gasteiger partial charge < -0.3 is 5.11 Å². The Labute approximate surface area is 143 Å². The Kier molecular flexibility index (Phi) is 4.88. The summed E-state index contributed by atoms with van der Waals surface area (Å²) in [5, 5.41) is 10.6. The quantitative estimate of drug-likeness (QED) is 0.858. The van der Waals surface area contributed by atoms with E-state index in [2.05, 4.69) is 29.8 Å². The zero-order valence-electron chi connectivity index (χ0n) is 13.8. The summed E-state index contributed by atoms with van der Waals surface area (Å²) in [7, 11) is 0. The number of allylic oxidation sites excluding steroid dienone is 5. The molecule has 24 heavy (non-hydrogen) atoms. The van der Waals surface area contributed by atoms with Gasteiger partial charge in [0, 0.05) is 18.0 Å². The number of hydrogen-bond donors (Lipinski definition) is 1. The zero-order chi connectivity index (χ0) is 16.9. The van der Waals surface area contributed by atoms with E-state index in [0.717, 1.165) is 28.7 Å². The maximum atomic E-state index is 10.6. The van der Waals surface area contributed by atoms with E-state index in [-0.39, 0.29) is 0 Å². The third-order valence-corrected chi connectivity index (χ3v) is 4.26. The highest BCUT2D eigenvalue weighted by atomic mass is 16.3. The Morgan fingerprint density at radius 1 is 1.21 bits per heavy atom. The molecule has 0 spiro atoms. The molecule has 0 amide bonds. The number of aliphatic hydroxyl groups is 1. The van der Waals surface area contributed by atoms with Gasteiger partial charge in [0.15, 0.2) is 0 Å². The Morgan fingerprint density at radius 2 is 2.00 bits per heavy atom. The fourth-order valence-corrected chi connectivity index (χ4v) is 2.88. The minimum Gasteiger partial charge on any atom is -0.384 e. The largest absolute Gasteiger partial charge is 0.384 e. The zero-order valence-corrected chi connectivity index (χ0v) is 13.8. The van der Waals surface area contributed by atoms with Crippen molar-refractivity contribution in [1.82, 2.24) is 4.98 Å². The van der Waals surface area contributed by atoms with E-state index < -0.39 is 6.10 Å². The first-order valence-electron chi connectivity index (χ1n) is 8.09. The van der Waals surface area contributed by atoms with E-state index >= 15 is 0 Å². The minimum absolute atomic E-state index is 0.682. The molecular weight excluding hydrogens is 294 g/mol. The third-order valence-electron chi connectivity index (χ3n) is 4.26. The summed E-state index contributed by atoms with van der Waals surface area (Å²) >= 11 is 0. The van der Waals surface area contributed by atoms with Crippen molar-refractivity contribution in [2.45, 2.75) is 19.4 Å². The van der Waals surface area contributed by atoms with E-state index in [1.165, 1.54) is 11.1 Å². The topological polar surface area (TPSA) is 33.1 Å². The molecule has 0 aliphatic heterocycles. The summed E-state index contributed by atoms with van der Waals surface area (Å²) in [6, 6.07) is 14.1. The molecule has 1 heterocycles. The van der Waals surface area contributed by atoms with Gasteiger partial charge in [0.25, 0.3) is 0 Å². The molecule has 0 saturated heterocycles. The number of aromatic nitrogens is 1. The molecule has 1 unspecified atom stereocenters. The molecule has 120 valence electrons. The molecule has 0 bridgehead atoms. The molecule has 1 aliphatic rings. The normalized spacial score (nSPS) is 17.9. The number of aliphatic hydroxyl groups excluding tert-OH is 1. The van der Waals surface area contributed by atoms with Crippen LogP contribution in [0, 0.1) is 0 Å². The summed E-state index contributed by atoms with van der Waals surface area (Å²) in [6.07, 6.45) is 9.69. The molecule has 1 aromatic carbocycles. The van der Waals surface area contributed by atoms with Crippen LogP contribution in [0.25, 0.3) is 5.57 Å². The van der Waals surface area contributed by atoms with Gasteiger partial charge in [-0.05, 0) is 53.3 Å². The lowest BCUT2D eigenvalue weighted by molar-refractivity contribution is 0.219. The number of rotatable bonds is 4. The Bertz CT molecular complexity index is 814. The number of pyridine rings is 1. The van der Waals surface area contributed by atoms with Gasteiger partial charge in [0.05, 0.1) is 0 Å². The van der Waals surface area contributed by atoms with E-state index in [1.54, 1.807) is 12.4 Å². The van der Waals surface area contributed by atoms with Gasteiger partial charge in [-0.3, -0.25) is 4.98 Å². The molecule has 1 aromatic heterocycles. The predicted octanol–water partition coefficient (Wildman–Crippen LogP) is 5.03. The van der Waals surface area contributed by atoms with Crippen LogP contribution in [0.1, 0.15) is 30.6 Å². The number of nitrogens with zero attached hydrogens (tertiary/aromatic N) is 1. The predicted molar refractivity (Wildman–Crippen MR) is 99.2 cm³/mol. The van der Waals surface area contributed by atoms with Gasteiger partial charge in [-0.25, -0.2) is 0 Å². The highest BCUT2D eigenvalue weighted by molar-refractivity contribution is 5.78. The lowest BCUT2D eigenvalue weighted by Gasteiger charge is -2.12. The summed E-state index contributed by atoms with van der Waals surface area (Å²) in [5.41, 5.74) is 6.27. The average molecular weight is 315 g/mol. The maximum absolute atomic E-state index is 10.6. The third kappa shape index (κ3) is 3.44. The summed E-state index contributed by atoms with van der Waals surface area (Å²) < 4.78 is 0. The molecule has 1 aliphatic carbocycles. The van der Waals surface area contributed by atoms with Gasteiger partial charge in [0.2, 0.25) is 0 Å². The molecule has 2 nitrogen and oxygen atoms in total. The Morgan fingerprint density at radius 3 is 2.67 bits per heavy atom. The van der Waals surface area contributed by atoms with Crippen molar-refractivity contribution >= 4 is 5.57 Å². The molecule has 0 radical (unpaired) electrons. The van der Waals surface area contributed by atoms with E-state index in [0.29, 0.717) is 0 Å². The second-order valence-corrected chi connectivity index (χ2v) is 5.89. The van der Waals surface area contributed by atoms with Crippen molar-refractivity contribution in [3.8, 4) is 0 Å². The van der Waals surface area contributed by atoms with E-state index in [1.807, 2.05) is 49.4 Å². The summed E-state index contributed by atoms with van der Waals surface area (Å²) in [6.45, 7) is 6.13. The van der Waals surface area contributed by atoms with Crippen LogP contribution in [0.5, 0.6) is 0 Å². The molecule has 2 heteroatoms. The van der Waals surface area contributed by atoms with Crippen LogP contribution in [0.2, 0.25) is 0 Å². The lowest BCUT2D eigenvalue weighted by Crippen LogP contribution is -2.00. The number of hydrogen-bond acceptors (Lipinski definition) is 2.